The third-order valence-corrected chi connectivity index (χ3v) is 5.94. The fourth-order valence-electron chi connectivity index (χ4n) is 3.56. The molecule has 1 aromatic rings. The summed E-state index contributed by atoms with van der Waals surface area (Å²) in [7, 11) is 0. The summed E-state index contributed by atoms with van der Waals surface area (Å²) >= 11 is 9.54. The molecule has 20 heavy (non-hydrogen) atoms. The molecule has 2 aliphatic rings. The van der Waals surface area contributed by atoms with Gasteiger partial charge in [-0.05, 0) is 66.4 Å². The average molecular weight is 359 g/mol. The second kappa shape index (κ2) is 5.84. The van der Waals surface area contributed by atoms with Crippen molar-refractivity contribution in [3.63, 3.8) is 0 Å². The van der Waals surface area contributed by atoms with Crippen LogP contribution in [0.25, 0.3) is 0 Å². The summed E-state index contributed by atoms with van der Waals surface area (Å²) in [6.45, 7) is 3.10. The number of hydrogen-bond acceptors (Lipinski definition) is 3. The molecule has 3 rings (SSSR count). The van der Waals surface area contributed by atoms with Gasteiger partial charge in [-0.1, -0.05) is 11.6 Å². The lowest BCUT2D eigenvalue weighted by Crippen LogP contribution is -2.55. The van der Waals surface area contributed by atoms with Gasteiger partial charge in [-0.25, -0.2) is 0 Å². The summed E-state index contributed by atoms with van der Waals surface area (Å²) in [5.74, 6) is 0. The molecule has 5 heteroatoms. The molecule has 2 fully saturated rings. The van der Waals surface area contributed by atoms with Crippen LogP contribution in [0.2, 0.25) is 5.02 Å². The number of fused-ring (bicyclic) bond motifs is 1. The normalized spacial score (nSPS) is 30.2. The van der Waals surface area contributed by atoms with Crippen LogP contribution in [0.15, 0.2) is 22.7 Å². The van der Waals surface area contributed by atoms with Gasteiger partial charge in [-0.2, -0.15) is 0 Å². The first kappa shape index (κ1) is 14.6. The Morgan fingerprint density at radius 3 is 3.05 bits per heavy atom. The summed E-state index contributed by atoms with van der Waals surface area (Å²) in [5.41, 5.74) is 7.24. The van der Waals surface area contributed by atoms with Gasteiger partial charge in [0.15, 0.2) is 0 Å². The fraction of sp³-hybridized carbons (Fsp3) is 0.600. The summed E-state index contributed by atoms with van der Waals surface area (Å²) in [5, 5.41) is 4.42. The third kappa shape index (κ3) is 2.84. The molecule has 0 radical (unpaired) electrons. The first-order valence-electron chi connectivity index (χ1n) is 7.29. The Kier molecular flexibility index (Phi) is 4.27. The number of nitrogens with one attached hydrogen (secondary N) is 1. The average Bonchev–Trinajstić information content (AvgIpc) is 2.90. The number of hydrogen-bond donors (Lipinski definition) is 2. The zero-order valence-corrected chi connectivity index (χ0v) is 13.9. The molecule has 0 spiro atoms. The van der Waals surface area contributed by atoms with Crippen LogP contribution >= 0.6 is 27.5 Å². The van der Waals surface area contributed by atoms with E-state index in [4.69, 9.17) is 17.3 Å². The Bertz CT molecular complexity index is 496. The fourth-order valence-corrected chi connectivity index (χ4v) is 4.06. The monoisotopic (exact) mass is 357 g/mol. The summed E-state index contributed by atoms with van der Waals surface area (Å²) < 4.78 is 0.926. The van der Waals surface area contributed by atoms with Crippen LogP contribution in [0.1, 0.15) is 25.7 Å². The quantitative estimate of drug-likeness (QED) is 0.869. The van der Waals surface area contributed by atoms with Gasteiger partial charge in [0, 0.05) is 29.3 Å². The van der Waals surface area contributed by atoms with Crippen molar-refractivity contribution in [3.8, 4) is 0 Å². The highest BCUT2D eigenvalue weighted by atomic mass is 79.9. The van der Waals surface area contributed by atoms with Crippen LogP contribution in [0.4, 0.5) is 5.69 Å². The van der Waals surface area contributed by atoms with E-state index in [1.165, 1.54) is 19.4 Å². The number of halogens is 2. The Morgan fingerprint density at radius 1 is 1.45 bits per heavy atom. The van der Waals surface area contributed by atoms with E-state index >= 15 is 0 Å². The van der Waals surface area contributed by atoms with Gasteiger partial charge >= 0.3 is 0 Å². The van der Waals surface area contributed by atoms with E-state index in [1.807, 2.05) is 18.2 Å². The van der Waals surface area contributed by atoms with Crippen molar-refractivity contribution in [3.05, 3.63) is 27.7 Å². The lowest BCUT2D eigenvalue weighted by Gasteiger charge is -2.44. The number of anilines is 1. The van der Waals surface area contributed by atoms with Gasteiger partial charge in [-0.3, -0.25) is 0 Å². The minimum absolute atomic E-state index is 0.0266. The smallest absolute Gasteiger partial charge is 0.0549 e. The van der Waals surface area contributed by atoms with Crippen molar-refractivity contribution in [1.82, 2.24) is 4.90 Å². The van der Waals surface area contributed by atoms with Gasteiger partial charge in [0.25, 0.3) is 0 Å². The molecule has 2 saturated heterocycles. The van der Waals surface area contributed by atoms with Crippen LogP contribution in [0.3, 0.4) is 0 Å². The molecule has 0 amide bonds. The number of benzene rings is 1. The topological polar surface area (TPSA) is 41.3 Å². The lowest BCUT2D eigenvalue weighted by atomic mass is 9.83. The predicted octanol–water partition coefficient (Wildman–Crippen LogP) is 3.47. The van der Waals surface area contributed by atoms with E-state index < -0.39 is 0 Å². The second-order valence-corrected chi connectivity index (χ2v) is 7.29. The molecular formula is C15H21BrClN3. The largest absolute Gasteiger partial charge is 0.378 e. The SMILES string of the molecule is NCC1(Nc2ccc(Cl)c(Br)c2)CCN2CCCC2C1. The maximum Gasteiger partial charge on any atom is 0.0549 e. The Labute approximate surface area is 134 Å². The number of piperidine rings is 1. The minimum atomic E-state index is 0.0266. The van der Waals surface area contributed by atoms with Gasteiger partial charge in [-0.15, -0.1) is 0 Å². The van der Waals surface area contributed by atoms with Crippen LogP contribution in [0.5, 0.6) is 0 Å². The van der Waals surface area contributed by atoms with Gasteiger partial charge in [0.2, 0.25) is 0 Å². The maximum atomic E-state index is 6.12. The predicted molar refractivity (Wildman–Crippen MR) is 88.4 cm³/mol. The molecule has 3 N–H and O–H groups in total. The van der Waals surface area contributed by atoms with E-state index in [0.717, 1.165) is 34.6 Å². The number of nitrogens with two attached hydrogens (primary N) is 1. The van der Waals surface area contributed by atoms with E-state index in [1.54, 1.807) is 0 Å². The van der Waals surface area contributed by atoms with Crippen molar-refractivity contribution < 1.29 is 0 Å². The Hall–Kier alpha value is -0.290. The van der Waals surface area contributed by atoms with Gasteiger partial charge < -0.3 is 16.0 Å². The van der Waals surface area contributed by atoms with Crippen LogP contribution < -0.4 is 11.1 Å². The maximum absolute atomic E-state index is 6.12. The molecular weight excluding hydrogens is 338 g/mol. The van der Waals surface area contributed by atoms with Crippen molar-refractivity contribution in [2.24, 2.45) is 5.73 Å². The molecule has 110 valence electrons. The zero-order chi connectivity index (χ0) is 14.2. The molecule has 3 nitrogen and oxygen atoms in total. The van der Waals surface area contributed by atoms with Crippen LogP contribution in [0, 0.1) is 0 Å². The number of rotatable bonds is 3. The molecule has 2 aliphatic heterocycles. The van der Waals surface area contributed by atoms with Gasteiger partial charge in [0.05, 0.1) is 10.6 Å². The first-order chi connectivity index (χ1) is 9.62. The molecule has 2 atom stereocenters. The minimum Gasteiger partial charge on any atom is -0.378 e. The van der Waals surface area contributed by atoms with Crippen molar-refractivity contribution >= 4 is 33.2 Å². The molecule has 0 aliphatic carbocycles. The Morgan fingerprint density at radius 2 is 2.30 bits per heavy atom. The molecule has 2 heterocycles. The van der Waals surface area contributed by atoms with Gasteiger partial charge in [0.1, 0.15) is 0 Å². The summed E-state index contributed by atoms with van der Waals surface area (Å²) in [4.78, 5) is 2.62. The summed E-state index contributed by atoms with van der Waals surface area (Å²) in [6.07, 6.45) is 4.90. The van der Waals surface area contributed by atoms with Crippen molar-refractivity contribution in [1.29, 1.82) is 0 Å². The van der Waals surface area contributed by atoms with E-state index in [9.17, 15) is 0 Å². The second-order valence-electron chi connectivity index (χ2n) is 6.02. The molecule has 0 aromatic heterocycles. The first-order valence-corrected chi connectivity index (χ1v) is 8.46. The zero-order valence-electron chi connectivity index (χ0n) is 11.5. The number of nitrogens with zero attached hydrogens (tertiary/aromatic N) is 1. The van der Waals surface area contributed by atoms with E-state index in [2.05, 4.69) is 26.1 Å². The van der Waals surface area contributed by atoms with Crippen LogP contribution in [-0.2, 0) is 0 Å². The van der Waals surface area contributed by atoms with E-state index in [-0.39, 0.29) is 5.54 Å². The summed E-state index contributed by atoms with van der Waals surface area (Å²) in [6, 6.07) is 6.70. The van der Waals surface area contributed by atoms with Crippen LogP contribution in [-0.4, -0.2) is 36.1 Å². The van der Waals surface area contributed by atoms with Crippen molar-refractivity contribution in [2.75, 3.05) is 25.0 Å². The highest BCUT2D eigenvalue weighted by molar-refractivity contribution is 9.10. The standard InChI is InChI=1S/C15H21BrClN3/c16-13-8-11(3-4-14(13)17)19-15(10-18)5-7-20-6-1-2-12(20)9-15/h3-4,8,12,19H,1-2,5-7,9-10,18H2. The van der Waals surface area contributed by atoms with Crippen molar-refractivity contribution in [2.45, 2.75) is 37.3 Å². The molecule has 2 unspecified atom stereocenters. The highest BCUT2D eigenvalue weighted by Gasteiger charge is 2.40. The molecule has 0 bridgehead atoms. The highest BCUT2D eigenvalue weighted by Crippen LogP contribution is 2.36. The lowest BCUT2D eigenvalue weighted by molar-refractivity contribution is 0.145. The molecule has 0 saturated carbocycles. The third-order valence-electron chi connectivity index (χ3n) is 4.72. The molecule has 1 aromatic carbocycles. The van der Waals surface area contributed by atoms with E-state index in [0.29, 0.717) is 12.6 Å². The Balaban J connectivity index is 1.77.